The first-order chi connectivity index (χ1) is 7.13. The second-order valence-electron chi connectivity index (χ2n) is 3.11. The molecule has 0 heterocycles. The lowest BCUT2D eigenvalue weighted by atomic mass is 10.1. The predicted octanol–water partition coefficient (Wildman–Crippen LogP) is 1.58. The van der Waals surface area contributed by atoms with Crippen LogP contribution >= 0.6 is 0 Å². The lowest BCUT2D eigenvalue weighted by Gasteiger charge is -1.98. The van der Waals surface area contributed by atoms with Gasteiger partial charge in [0, 0.05) is 5.56 Å². The zero-order valence-electron chi connectivity index (χ0n) is 7.91. The maximum Gasteiger partial charge on any atom is 0.341 e. The van der Waals surface area contributed by atoms with E-state index < -0.39 is 17.6 Å². The van der Waals surface area contributed by atoms with Crippen LogP contribution in [0.3, 0.4) is 0 Å². The van der Waals surface area contributed by atoms with E-state index in [1.165, 1.54) is 25.3 Å². The van der Waals surface area contributed by atoms with Crippen LogP contribution in [0.2, 0.25) is 0 Å². The van der Waals surface area contributed by atoms with Crippen molar-refractivity contribution in [1.82, 2.24) is 0 Å². The van der Waals surface area contributed by atoms with E-state index in [1.807, 2.05) is 0 Å². The molecule has 0 amide bonds. The highest BCUT2D eigenvalue weighted by Crippen LogP contribution is 2.26. The molecule has 0 aromatic heterocycles. The number of rotatable bonds is 1. The summed E-state index contributed by atoms with van der Waals surface area (Å²) in [6.45, 7) is 0. The summed E-state index contributed by atoms with van der Waals surface area (Å²) in [5, 5.41) is 0. The van der Waals surface area contributed by atoms with Crippen molar-refractivity contribution in [2.75, 3.05) is 7.11 Å². The summed E-state index contributed by atoms with van der Waals surface area (Å²) in [4.78, 5) is 22.8. The Kier molecular flexibility index (Phi) is 2.11. The second-order valence-corrected chi connectivity index (χ2v) is 3.11. The molecule has 0 fully saturated rings. The molecule has 0 spiro atoms. The van der Waals surface area contributed by atoms with E-state index in [2.05, 4.69) is 4.74 Å². The van der Waals surface area contributed by atoms with Gasteiger partial charge >= 0.3 is 5.97 Å². The molecule has 2 rings (SSSR count). The Balaban J connectivity index is 2.48. The van der Waals surface area contributed by atoms with Crippen molar-refractivity contribution in [2.45, 2.75) is 0 Å². The van der Waals surface area contributed by atoms with Crippen LogP contribution in [0.4, 0.5) is 4.39 Å². The van der Waals surface area contributed by atoms with Gasteiger partial charge in [-0.25, -0.2) is 9.18 Å². The van der Waals surface area contributed by atoms with Crippen LogP contribution in [-0.4, -0.2) is 18.9 Å². The van der Waals surface area contributed by atoms with Crippen molar-refractivity contribution in [2.24, 2.45) is 0 Å². The van der Waals surface area contributed by atoms with E-state index in [4.69, 9.17) is 0 Å². The third kappa shape index (κ3) is 1.44. The number of hydrogen-bond acceptors (Lipinski definition) is 3. The lowest BCUT2D eigenvalue weighted by molar-refractivity contribution is -0.135. The maximum atomic E-state index is 12.9. The summed E-state index contributed by atoms with van der Waals surface area (Å²) >= 11 is 0. The minimum absolute atomic E-state index is 0.0573. The minimum Gasteiger partial charge on any atom is -0.465 e. The molecule has 0 saturated heterocycles. The van der Waals surface area contributed by atoms with Crippen molar-refractivity contribution in [1.29, 1.82) is 0 Å². The van der Waals surface area contributed by atoms with Gasteiger partial charge in [0.2, 0.25) is 5.78 Å². The number of benzene rings is 1. The molecule has 0 unspecified atom stereocenters. The van der Waals surface area contributed by atoms with Gasteiger partial charge in [-0.2, -0.15) is 0 Å². The van der Waals surface area contributed by atoms with Gasteiger partial charge in [-0.15, -0.1) is 0 Å². The van der Waals surface area contributed by atoms with E-state index in [0.717, 1.165) is 6.07 Å². The zero-order chi connectivity index (χ0) is 11.0. The van der Waals surface area contributed by atoms with Gasteiger partial charge in [-0.3, -0.25) is 4.79 Å². The van der Waals surface area contributed by atoms with Crippen LogP contribution in [0.25, 0.3) is 6.08 Å². The van der Waals surface area contributed by atoms with Crippen LogP contribution in [0.5, 0.6) is 0 Å². The molecule has 0 bridgehead atoms. The maximum absolute atomic E-state index is 12.9. The smallest absolute Gasteiger partial charge is 0.341 e. The lowest BCUT2D eigenvalue weighted by Crippen LogP contribution is -2.11. The number of halogens is 1. The van der Waals surface area contributed by atoms with Crippen LogP contribution < -0.4 is 0 Å². The highest BCUT2D eigenvalue weighted by Gasteiger charge is 2.28. The van der Waals surface area contributed by atoms with E-state index in [1.54, 1.807) is 0 Å². The first-order valence-electron chi connectivity index (χ1n) is 4.27. The Morgan fingerprint density at radius 2 is 2.13 bits per heavy atom. The number of carbonyl (C=O) groups is 2. The Morgan fingerprint density at radius 3 is 2.80 bits per heavy atom. The van der Waals surface area contributed by atoms with Crippen LogP contribution in [-0.2, 0) is 9.53 Å². The summed E-state index contributed by atoms with van der Waals surface area (Å²) in [6.07, 6.45) is 1.41. The van der Waals surface area contributed by atoms with E-state index in [0.29, 0.717) is 5.56 Å². The van der Waals surface area contributed by atoms with E-state index >= 15 is 0 Å². The minimum atomic E-state index is -0.698. The second kappa shape index (κ2) is 3.31. The number of methoxy groups -OCH3 is 1. The topological polar surface area (TPSA) is 43.4 Å². The number of esters is 1. The summed E-state index contributed by atoms with van der Waals surface area (Å²) in [5.41, 5.74) is 0.690. The van der Waals surface area contributed by atoms with Gasteiger partial charge in [-0.1, -0.05) is 6.07 Å². The summed E-state index contributed by atoms with van der Waals surface area (Å²) in [7, 11) is 1.19. The third-order valence-corrected chi connectivity index (χ3v) is 2.21. The molecule has 15 heavy (non-hydrogen) atoms. The van der Waals surface area contributed by atoms with Gasteiger partial charge in [0.1, 0.15) is 11.4 Å². The monoisotopic (exact) mass is 206 g/mol. The fourth-order valence-electron chi connectivity index (χ4n) is 1.48. The molecule has 3 nitrogen and oxygen atoms in total. The highest BCUT2D eigenvalue weighted by molar-refractivity contribution is 6.31. The normalized spacial score (nSPS) is 13.5. The molecule has 4 heteroatoms. The molecule has 1 aliphatic rings. The zero-order valence-corrected chi connectivity index (χ0v) is 7.91. The average molecular weight is 206 g/mol. The van der Waals surface area contributed by atoms with Crippen LogP contribution in [0.15, 0.2) is 23.8 Å². The van der Waals surface area contributed by atoms with Gasteiger partial charge < -0.3 is 4.74 Å². The molecule has 76 valence electrons. The Bertz CT molecular complexity index is 489. The number of ether oxygens (including phenoxy) is 1. The molecule has 0 N–H and O–H groups in total. The van der Waals surface area contributed by atoms with Crippen LogP contribution in [0, 0.1) is 5.82 Å². The molecular formula is C11H7FO3. The molecule has 1 aliphatic carbocycles. The van der Waals surface area contributed by atoms with E-state index in [-0.39, 0.29) is 11.1 Å². The molecule has 0 radical (unpaired) electrons. The largest absolute Gasteiger partial charge is 0.465 e. The molecule has 1 aromatic carbocycles. The number of hydrogen-bond donors (Lipinski definition) is 0. The molecule has 0 aliphatic heterocycles. The van der Waals surface area contributed by atoms with Gasteiger partial charge in [0.05, 0.1) is 7.11 Å². The molecular weight excluding hydrogens is 199 g/mol. The van der Waals surface area contributed by atoms with Crippen LogP contribution in [0.1, 0.15) is 15.9 Å². The highest BCUT2D eigenvalue weighted by atomic mass is 19.1. The molecule has 0 saturated carbocycles. The number of Topliss-reactive ketones (excluding diaryl/α,β-unsaturated/α-hetero) is 1. The summed E-state index contributed by atoms with van der Waals surface area (Å²) in [5.74, 6) is -1.69. The van der Waals surface area contributed by atoms with Crippen molar-refractivity contribution >= 4 is 17.8 Å². The number of carbonyl (C=O) groups excluding carboxylic acids is 2. The average Bonchev–Trinajstić information content (AvgIpc) is 2.55. The van der Waals surface area contributed by atoms with Crippen molar-refractivity contribution in [3.8, 4) is 0 Å². The summed E-state index contributed by atoms with van der Waals surface area (Å²) < 4.78 is 17.3. The first kappa shape index (κ1) is 9.58. The standard InChI is InChI=1S/C11H7FO3/c1-15-11(14)9-4-6-2-3-7(12)5-8(6)10(9)13/h2-5H,1H3. The first-order valence-corrected chi connectivity index (χ1v) is 4.27. The molecule has 1 aromatic rings. The fraction of sp³-hybridized carbons (Fsp3) is 0.0909. The van der Waals surface area contributed by atoms with Crippen molar-refractivity contribution < 1.29 is 18.7 Å². The fourth-order valence-corrected chi connectivity index (χ4v) is 1.48. The van der Waals surface area contributed by atoms with Gasteiger partial charge in [0.15, 0.2) is 0 Å². The predicted molar refractivity (Wildman–Crippen MR) is 50.7 cm³/mol. The summed E-state index contributed by atoms with van der Waals surface area (Å²) in [6, 6.07) is 3.81. The van der Waals surface area contributed by atoms with E-state index in [9.17, 15) is 14.0 Å². The molecule has 0 atom stereocenters. The number of ketones is 1. The Labute approximate surface area is 85.2 Å². The SMILES string of the molecule is COC(=O)C1=Cc2ccc(F)cc2C1=O. The quantitative estimate of drug-likeness (QED) is 0.517. The number of fused-ring (bicyclic) bond motifs is 1. The van der Waals surface area contributed by atoms with Gasteiger partial charge in [-0.05, 0) is 23.8 Å². The van der Waals surface area contributed by atoms with Gasteiger partial charge in [0.25, 0.3) is 0 Å². The van der Waals surface area contributed by atoms with Crippen molar-refractivity contribution in [3.05, 3.63) is 40.7 Å². The Hall–Kier alpha value is -1.97. The third-order valence-electron chi connectivity index (χ3n) is 2.21. The Morgan fingerprint density at radius 1 is 1.40 bits per heavy atom. The van der Waals surface area contributed by atoms with Crippen molar-refractivity contribution in [3.63, 3.8) is 0 Å².